The zero-order valence-corrected chi connectivity index (χ0v) is 13.0. The van der Waals surface area contributed by atoms with Gasteiger partial charge in [-0.25, -0.2) is 4.98 Å². The smallest absolute Gasteiger partial charge is 0.0760 e. The molecule has 0 radical (unpaired) electrons. The lowest BCUT2D eigenvalue weighted by Gasteiger charge is -2.11. The summed E-state index contributed by atoms with van der Waals surface area (Å²) in [5.41, 5.74) is 5.43. The van der Waals surface area contributed by atoms with E-state index in [9.17, 15) is 0 Å². The molecular formula is C17H15BrN2. The van der Waals surface area contributed by atoms with Crippen LogP contribution in [-0.4, -0.2) is 12.0 Å². The summed E-state index contributed by atoms with van der Waals surface area (Å²) >= 11 is 3.55. The lowest BCUT2D eigenvalue weighted by atomic mass is 10.1. The van der Waals surface area contributed by atoms with Gasteiger partial charge < -0.3 is 5.32 Å². The Hall–Kier alpha value is -1.87. The molecule has 0 spiro atoms. The number of hydrogen-bond donors (Lipinski definition) is 1. The maximum absolute atomic E-state index is 4.83. The first-order chi connectivity index (χ1) is 9.69. The number of aryl methyl sites for hydroxylation is 1. The van der Waals surface area contributed by atoms with Crippen LogP contribution in [0.3, 0.4) is 0 Å². The minimum Gasteiger partial charge on any atom is -0.388 e. The first-order valence-corrected chi connectivity index (χ1v) is 7.32. The Labute approximate surface area is 127 Å². The third kappa shape index (κ3) is 2.29. The van der Waals surface area contributed by atoms with Gasteiger partial charge in [0.25, 0.3) is 0 Å². The fourth-order valence-electron chi connectivity index (χ4n) is 2.42. The molecule has 1 heterocycles. The van der Waals surface area contributed by atoms with Gasteiger partial charge in [-0.1, -0.05) is 46.3 Å². The van der Waals surface area contributed by atoms with E-state index in [2.05, 4.69) is 58.5 Å². The summed E-state index contributed by atoms with van der Waals surface area (Å²) in [4.78, 5) is 4.83. The molecule has 0 bridgehead atoms. The van der Waals surface area contributed by atoms with Gasteiger partial charge in [0.15, 0.2) is 0 Å². The van der Waals surface area contributed by atoms with E-state index in [1.54, 1.807) is 0 Å². The number of benzene rings is 2. The Balaban J connectivity index is 2.32. The van der Waals surface area contributed by atoms with Crippen LogP contribution in [0.5, 0.6) is 0 Å². The molecule has 1 N–H and O–H groups in total. The van der Waals surface area contributed by atoms with Gasteiger partial charge in [-0.05, 0) is 30.7 Å². The maximum Gasteiger partial charge on any atom is 0.0760 e. The Morgan fingerprint density at radius 1 is 1.05 bits per heavy atom. The highest BCUT2D eigenvalue weighted by Gasteiger charge is 2.09. The van der Waals surface area contributed by atoms with Crippen LogP contribution < -0.4 is 5.32 Å². The van der Waals surface area contributed by atoms with Crippen LogP contribution in [-0.2, 0) is 0 Å². The first-order valence-electron chi connectivity index (χ1n) is 6.53. The molecule has 0 aliphatic carbocycles. The number of rotatable bonds is 2. The Morgan fingerprint density at radius 2 is 1.80 bits per heavy atom. The molecule has 0 saturated carbocycles. The Morgan fingerprint density at radius 3 is 2.50 bits per heavy atom. The molecule has 0 aliphatic heterocycles. The highest BCUT2D eigenvalue weighted by molar-refractivity contribution is 9.10. The summed E-state index contributed by atoms with van der Waals surface area (Å²) in [5.74, 6) is 0. The zero-order chi connectivity index (χ0) is 14.1. The van der Waals surface area contributed by atoms with Gasteiger partial charge >= 0.3 is 0 Å². The molecule has 1 aromatic heterocycles. The molecule has 0 atom stereocenters. The van der Waals surface area contributed by atoms with Gasteiger partial charge in [0.1, 0.15) is 0 Å². The number of nitrogens with zero attached hydrogens (tertiary/aromatic N) is 1. The van der Waals surface area contributed by atoms with Crippen LogP contribution in [0.15, 0.2) is 53.0 Å². The third-order valence-corrected chi connectivity index (χ3v) is 3.87. The van der Waals surface area contributed by atoms with Gasteiger partial charge in [-0.2, -0.15) is 0 Å². The zero-order valence-electron chi connectivity index (χ0n) is 11.4. The fourth-order valence-corrected chi connectivity index (χ4v) is 2.99. The average molecular weight is 327 g/mol. The summed E-state index contributed by atoms with van der Waals surface area (Å²) in [7, 11) is 1.94. The molecule has 100 valence electrons. The van der Waals surface area contributed by atoms with Crippen molar-refractivity contribution in [3.05, 3.63) is 58.6 Å². The quantitative estimate of drug-likeness (QED) is 0.715. The van der Waals surface area contributed by atoms with Crippen LogP contribution >= 0.6 is 15.9 Å². The van der Waals surface area contributed by atoms with Crippen molar-refractivity contribution < 1.29 is 0 Å². The van der Waals surface area contributed by atoms with Crippen molar-refractivity contribution in [2.24, 2.45) is 0 Å². The SMILES string of the molecule is CNc1cc(-c2ccccc2)nc2c(C)cc(Br)cc12. The summed E-state index contributed by atoms with van der Waals surface area (Å²) in [6.07, 6.45) is 0. The van der Waals surface area contributed by atoms with E-state index < -0.39 is 0 Å². The number of halogens is 1. The number of pyridine rings is 1. The highest BCUT2D eigenvalue weighted by Crippen LogP contribution is 2.32. The van der Waals surface area contributed by atoms with Crippen LogP contribution in [0.1, 0.15) is 5.56 Å². The predicted octanol–water partition coefficient (Wildman–Crippen LogP) is 5.01. The van der Waals surface area contributed by atoms with Crippen molar-refractivity contribution in [2.75, 3.05) is 12.4 Å². The van der Waals surface area contributed by atoms with Gasteiger partial charge in [0, 0.05) is 28.2 Å². The van der Waals surface area contributed by atoms with E-state index >= 15 is 0 Å². The number of aromatic nitrogens is 1. The summed E-state index contributed by atoms with van der Waals surface area (Å²) in [6, 6.07) is 16.6. The van der Waals surface area contributed by atoms with E-state index in [1.165, 1.54) is 5.56 Å². The molecule has 0 fully saturated rings. The highest BCUT2D eigenvalue weighted by atomic mass is 79.9. The molecule has 2 aromatic carbocycles. The fraction of sp³-hybridized carbons (Fsp3) is 0.118. The summed E-state index contributed by atoms with van der Waals surface area (Å²) in [6.45, 7) is 2.09. The maximum atomic E-state index is 4.83. The second-order valence-electron chi connectivity index (χ2n) is 4.79. The number of fused-ring (bicyclic) bond motifs is 1. The first kappa shape index (κ1) is 13.1. The Kier molecular flexibility index (Phi) is 3.45. The molecule has 0 amide bonds. The third-order valence-electron chi connectivity index (χ3n) is 3.41. The van der Waals surface area contributed by atoms with Crippen LogP contribution in [0.25, 0.3) is 22.2 Å². The molecule has 20 heavy (non-hydrogen) atoms. The molecular weight excluding hydrogens is 312 g/mol. The van der Waals surface area contributed by atoms with Gasteiger partial charge in [0.2, 0.25) is 0 Å². The van der Waals surface area contributed by atoms with Crippen LogP contribution in [0, 0.1) is 6.92 Å². The Bertz CT molecular complexity index is 767. The van der Waals surface area contributed by atoms with Crippen molar-refractivity contribution in [2.45, 2.75) is 6.92 Å². The second kappa shape index (κ2) is 5.25. The molecule has 0 aliphatic rings. The lowest BCUT2D eigenvalue weighted by molar-refractivity contribution is 1.35. The van der Waals surface area contributed by atoms with Crippen LogP contribution in [0.4, 0.5) is 5.69 Å². The molecule has 2 nitrogen and oxygen atoms in total. The summed E-state index contributed by atoms with van der Waals surface area (Å²) in [5, 5.41) is 4.41. The average Bonchev–Trinajstić information content (AvgIpc) is 2.47. The largest absolute Gasteiger partial charge is 0.388 e. The molecule has 0 unspecified atom stereocenters. The van der Waals surface area contributed by atoms with E-state index in [1.807, 2.05) is 25.2 Å². The summed E-state index contributed by atoms with van der Waals surface area (Å²) < 4.78 is 1.08. The molecule has 3 rings (SSSR count). The van der Waals surface area contributed by atoms with E-state index in [-0.39, 0.29) is 0 Å². The number of hydrogen-bond acceptors (Lipinski definition) is 2. The van der Waals surface area contributed by atoms with Crippen molar-refractivity contribution in [3.63, 3.8) is 0 Å². The molecule has 3 aromatic rings. The van der Waals surface area contributed by atoms with E-state index in [0.29, 0.717) is 0 Å². The van der Waals surface area contributed by atoms with E-state index in [0.717, 1.165) is 32.3 Å². The monoisotopic (exact) mass is 326 g/mol. The number of nitrogens with one attached hydrogen (secondary N) is 1. The lowest BCUT2D eigenvalue weighted by Crippen LogP contribution is -1.95. The van der Waals surface area contributed by atoms with Crippen molar-refractivity contribution in [3.8, 4) is 11.3 Å². The standard InChI is InChI=1S/C17H15BrN2/c1-11-8-13(18)9-14-16(19-2)10-15(20-17(11)14)12-6-4-3-5-7-12/h3-10H,1-2H3,(H,19,20). The van der Waals surface area contributed by atoms with E-state index in [4.69, 9.17) is 4.98 Å². The molecule has 0 saturated heterocycles. The second-order valence-corrected chi connectivity index (χ2v) is 5.71. The van der Waals surface area contributed by atoms with Gasteiger partial charge in [-0.3, -0.25) is 0 Å². The topological polar surface area (TPSA) is 24.9 Å². The minimum absolute atomic E-state index is 0.993. The van der Waals surface area contributed by atoms with Crippen molar-refractivity contribution in [1.82, 2.24) is 4.98 Å². The predicted molar refractivity (Wildman–Crippen MR) is 89.2 cm³/mol. The van der Waals surface area contributed by atoms with Gasteiger partial charge in [0.05, 0.1) is 11.2 Å². The normalized spacial score (nSPS) is 10.8. The van der Waals surface area contributed by atoms with Crippen LogP contribution in [0.2, 0.25) is 0 Å². The van der Waals surface area contributed by atoms with Gasteiger partial charge in [-0.15, -0.1) is 0 Å². The van der Waals surface area contributed by atoms with Crippen molar-refractivity contribution >= 4 is 32.5 Å². The number of anilines is 1. The minimum atomic E-state index is 0.993. The van der Waals surface area contributed by atoms with Crippen molar-refractivity contribution in [1.29, 1.82) is 0 Å². The molecule has 3 heteroatoms.